The minimum absolute atomic E-state index is 0. The van der Waals surface area contributed by atoms with Crippen LogP contribution in [0.25, 0.3) is 0 Å². The minimum Gasteiger partial charge on any atom is -0.357 e. The van der Waals surface area contributed by atoms with Crippen LogP contribution in [0.2, 0.25) is 0 Å². The number of aliphatic imine (C=N–C) groups is 1. The standard InChI is InChI=1S/C18H31N7O.HI/c1-5-19-16(23-10-9-20-15(26)18(2,3)4)24-11-13-25(14-12-24)17-21-7-6-8-22-17;/h6-8H,5,9-14H2,1-4H3,(H,19,23)(H,20,26);1H. The van der Waals surface area contributed by atoms with E-state index in [1.54, 1.807) is 12.4 Å². The van der Waals surface area contributed by atoms with Crippen LogP contribution >= 0.6 is 24.0 Å². The summed E-state index contributed by atoms with van der Waals surface area (Å²) in [5.74, 6) is 1.72. The first kappa shape index (κ1) is 23.4. The molecule has 1 amide bonds. The number of hydrogen-bond acceptors (Lipinski definition) is 5. The van der Waals surface area contributed by atoms with E-state index in [9.17, 15) is 4.79 Å². The summed E-state index contributed by atoms with van der Waals surface area (Å²) in [6.45, 7) is 13.1. The fourth-order valence-corrected chi connectivity index (χ4v) is 2.59. The smallest absolute Gasteiger partial charge is 0.225 e. The summed E-state index contributed by atoms with van der Waals surface area (Å²) in [5.41, 5.74) is -0.371. The zero-order valence-electron chi connectivity index (χ0n) is 16.7. The summed E-state index contributed by atoms with van der Waals surface area (Å²) in [6.07, 6.45) is 3.54. The molecule has 0 radical (unpaired) electrons. The molecule has 0 spiro atoms. The van der Waals surface area contributed by atoms with Crippen molar-refractivity contribution in [1.29, 1.82) is 0 Å². The normalized spacial score (nSPS) is 15.2. The number of nitrogens with one attached hydrogen (secondary N) is 2. The van der Waals surface area contributed by atoms with Crippen LogP contribution in [0, 0.1) is 5.41 Å². The molecule has 0 aromatic carbocycles. The van der Waals surface area contributed by atoms with Crippen LogP contribution < -0.4 is 15.5 Å². The largest absolute Gasteiger partial charge is 0.357 e. The molecule has 1 aromatic heterocycles. The van der Waals surface area contributed by atoms with Crippen molar-refractivity contribution in [2.45, 2.75) is 27.7 Å². The van der Waals surface area contributed by atoms with Crippen LogP contribution in [0.4, 0.5) is 5.95 Å². The lowest BCUT2D eigenvalue weighted by molar-refractivity contribution is -0.128. The van der Waals surface area contributed by atoms with Gasteiger partial charge in [-0.05, 0) is 13.0 Å². The molecule has 2 N–H and O–H groups in total. The molecular formula is C18H32IN7O. The monoisotopic (exact) mass is 489 g/mol. The van der Waals surface area contributed by atoms with Gasteiger partial charge in [-0.3, -0.25) is 9.79 Å². The van der Waals surface area contributed by atoms with Crippen LogP contribution in [0.15, 0.2) is 23.5 Å². The van der Waals surface area contributed by atoms with Crippen molar-refractivity contribution >= 4 is 41.8 Å². The number of rotatable bonds is 5. The van der Waals surface area contributed by atoms with Gasteiger partial charge in [0.25, 0.3) is 0 Å². The molecule has 8 nitrogen and oxygen atoms in total. The first-order valence-electron chi connectivity index (χ1n) is 9.25. The number of anilines is 1. The molecule has 0 bridgehead atoms. The van der Waals surface area contributed by atoms with Crippen molar-refractivity contribution < 1.29 is 4.79 Å². The van der Waals surface area contributed by atoms with E-state index in [0.717, 1.165) is 44.6 Å². The fourth-order valence-electron chi connectivity index (χ4n) is 2.59. The maximum Gasteiger partial charge on any atom is 0.225 e. The maximum atomic E-state index is 11.9. The molecule has 1 aliphatic rings. The molecule has 0 atom stereocenters. The molecule has 9 heteroatoms. The number of carbonyl (C=O) groups is 1. The van der Waals surface area contributed by atoms with Crippen LogP contribution in [-0.4, -0.2) is 72.5 Å². The third kappa shape index (κ3) is 7.47. The van der Waals surface area contributed by atoms with Crippen molar-refractivity contribution in [3.63, 3.8) is 0 Å². The number of guanidine groups is 1. The Morgan fingerprint density at radius 3 is 2.33 bits per heavy atom. The maximum absolute atomic E-state index is 11.9. The summed E-state index contributed by atoms with van der Waals surface area (Å²) < 4.78 is 0. The second-order valence-corrected chi connectivity index (χ2v) is 7.26. The zero-order valence-corrected chi connectivity index (χ0v) is 19.1. The van der Waals surface area contributed by atoms with Crippen molar-refractivity contribution in [3.05, 3.63) is 18.5 Å². The van der Waals surface area contributed by atoms with Crippen LogP contribution in [0.5, 0.6) is 0 Å². The summed E-state index contributed by atoms with van der Waals surface area (Å²) in [6, 6.07) is 1.83. The number of amides is 1. The molecule has 1 aliphatic heterocycles. The molecule has 0 saturated carbocycles. The number of piperazine rings is 1. The molecule has 27 heavy (non-hydrogen) atoms. The zero-order chi connectivity index (χ0) is 19.0. The van der Waals surface area contributed by atoms with E-state index in [4.69, 9.17) is 0 Å². The third-order valence-electron chi connectivity index (χ3n) is 4.09. The lowest BCUT2D eigenvalue weighted by atomic mass is 9.96. The van der Waals surface area contributed by atoms with Gasteiger partial charge in [-0.15, -0.1) is 24.0 Å². The van der Waals surface area contributed by atoms with Crippen LogP contribution in [-0.2, 0) is 4.79 Å². The highest BCUT2D eigenvalue weighted by Gasteiger charge is 2.22. The van der Waals surface area contributed by atoms with E-state index in [-0.39, 0.29) is 35.3 Å². The quantitative estimate of drug-likeness (QED) is 0.281. The van der Waals surface area contributed by atoms with E-state index in [0.29, 0.717) is 13.1 Å². The van der Waals surface area contributed by atoms with E-state index in [1.165, 1.54) is 0 Å². The van der Waals surface area contributed by atoms with Gasteiger partial charge < -0.3 is 20.4 Å². The van der Waals surface area contributed by atoms with Gasteiger partial charge in [-0.1, -0.05) is 20.8 Å². The first-order chi connectivity index (χ1) is 12.4. The molecule has 152 valence electrons. The number of halogens is 1. The summed E-state index contributed by atoms with van der Waals surface area (Å²) in [5, 5.41) is 6.27. The van der Waals surface area contributed by atoms with Crippen molar-refractivity contribution in [1.82, 2.24) is 25.5 Å². The predicted molar refractivity (Wildman–Crippen MR) is 120 cm³/mol. The van der Waals surface area contributed by atoms with Gasteiger partial charge in [0, 0.05) is 57.1 Å². The second kappa shape index (κ2) is 11.3. The topological polar surface area (TPSA) is 85.8 Å². The van der Waals surface area contributed by atoms with Crippen LogP contribution in [0.1, 0.15) is 27.7 Å². The molecule has 2 heterocycles. The Hall–Kier alpha value is -1.65. The number of aromatic nitrogens is 2. The Morgan fingerprint density at radius 2 is 1.78 bits per heavy atom. The number of hydrogen-bond donors (Lipinski definition) is 2. The summed E-state index contributed by atoms with van der Waals surface area (Å²) in [7, 11) is 0. The van der Waals surface area contributed by atoms with Crippen molar-refractivity contribution in [3.8, 4) is 0 Å². The van der Waals surface area contributed by atoms with Gasteiger partial charge in [0.05, 0.1) is 6.54 Å². The molecular weight excluding hydrogens is 457 g/mol. The Labute approximate surface area is 179 Å². The Balaban J connectivity index is 0.00000364. The predicted octanol–water partition coefficient (Wildman–Crippen LogP) is 1.34. The van der Waals surface area contributed by atoms with E-state index in [1.807, 2.05) is 26.8 Å². The lowest BCUT2D eigenvalue weighted by Crippen LogP contribution is -2.53. The minimum atomic E-state index is -0.371. The Kier molecular flexibility index (Phi) is 9.75. The average molecular weight is 489 g/mol. The van der Waals surface area contributed by atoms with E-state index >= 15 is 0 Å². The molecule has 0 unspecified atom stereocenters. The highest BCUT2D eigenvalue weighted by atomic mass is 127. The second-order valence-electron chi connectivity index (χ2n) is 7.26. The molecule has 2 rings (SSSR count). The van der Waals surface area contributed by atoms with Crippen molar-refractivity contribution in [2.24, 2.45) is 10.4 Å². The molecule has 0 aliphatic carbocycles. The highest BCUT2D eigenvalue weighted by molar-refractivity contribution is 14.0. The van der Waals surface area contributed by atoms with Crippen molar-refractivity contribution in [2.75, 3.05) is 50.7 Å². The van der Waals surface area contributed by atoms with Gasteiger partial charge in [0.15, 0.2) is 5.96 Å². The first-order valence-corrected chi connectivity index (χ1v) is 9.25. The van der Waals surface area contributed by atoms with Gasteiger partial charge in [0.2, 0.25) is 11.9 Å². The third-order valence-corrected chi connectivity index (χ3v) is 4.09. The molecule has 1 saturated heterocycles. The molecule has 1 fully saturated rings. The SMILES string of the molecule is CCNC(=NCCNC(=O)C(C)(C)C)N1CCN(c2ncccn2)CC1.I. The number of nitrogens with zero attached hydrogens (tertiary/aromatic N) is 5. The van der Waals surface area contributed by atoms with Gasteiger partial charge in [-0.25, -0.2) is 9.97 Å². The van der Waals surface area contributed by atoms with Gasteiger partial charge in [-0.2, -0.15) is 0 Å². The number of carbonyl (C=O) groups excluding carboxylic acids is 1. The van der Waals surface area contributed by atoms with Gasteiger partial charge in [0.1, 0.15) is 0 Å². The lowest BCUT2D eigenvalue weighted by Gasteiger charge is -2.36. The van der Waals surface area contributed by atoms with E-state index in [2.05, 4.69) is 42.3 Å². The summed E-state index contributed by atoms with van der Waals surface area (Å²) >= 11 is 0. The summed E-state index contributed by atoms with van der Waals surface area (Å²) in [4.78, 5) is 29.6. The van der Waals surface area contributed by atoms with E-state index < -0.39 is 0 Å². The Bertz CT molecular complexity index is 595. The Morgan fingerprint density at radius 1 is 1.15 bits per heavy atom. The highest BCUT2D eigenvalue weighted by Crippen LogP contribution is 2.12. The van der Waals surface area contributed by atoms with Crippen LogP contribution in [0.3, 0.4) is 0 Å². The fraction of sp³-hybridized carbons (Fsp3) is 0.667. The molecule has 1 aromatic rings. The van der Waals surface area contributed by atoms with Gasteiger partial charge >= 0.3 is 0 Å². The average Bonchev–Trinajstić information content (AvgIpc) is 2.64.